The van der Waals surface area contributed by atoms with Crippen molar-refractivity contribution in [2.45, 2.75) is 0 Å². The lowest BCUT2D eigenvalue weighted by Crippen LogP contribution is -1.65. The first-order valence-electron chi connectivity index (χ1n) is 2.11. The lowest BCUT2D eigenvalue weighted by atomic mass is 10.6. The molecule has 0 saturated carbocycles. The topological polar surface area (TPSA) is 0 Å². The molecule has 0 amide bonds. The maximum absolute atomic E-state index is 5.34. The van der Waals surface area contributed by atoms with Gasteiger partial charge in [0, 0.05) is 11.6 Å². The largest absolute Gasteiger partial charge is 0.161 e. The highest BCUT2D eigenvalue weighted by molar-refractivity contribution is 7.98. The van der Waals surface area contributed by atoms with E-state index in [1.54, 1.807) is 11.8 Å². The number of rotatable bonds is 3. The molecular weight excluding hydrogens is 128 g/mol. The van der Waals surface area contributed by atoms with Gasteiger partial charge in [-0.3, -0.25) is 0 Å². The fourth-order valence-corrected chi connectivity index (χ4v) is 0.682. The van der Waals surface area contributed by atoms with Crippen molar-refractivity contribution in [2.24, 2.45) is 0 Å². The van der Waals surface area contributed by atoms with E-state index in [4.69, 9.17) is 11.6 Å². The molecule has 42 valence electrons. The van der Waals surface area contributed by atoms with Crippen molar-refractivity contribution in [3.05, 3.63) is 12.2 Å². The van der Waals surface area contributed by atoms with Gasteiger partial charge in [-0.15, -0.1) is 11.6 Å². The van der Waals surface area contributed by atoms with E-state index in [9.17, 15) is 0 Å². The Labute approximate surface area is 53.9 Å². The van der Waals surface area contributed by atoms with Gasteiger partial charge >= 0.3 is 0 Å². The monoisotopic (exact) mass is 136 g/mol. The maximum atomic E-state index is 5.34. The minimum atomic E-state index is 0.639. The first-order valence-corrected chi connectivity index (χ1v) is 4.04. The Morgan fingerprint density at radius 1 is 1.57 bits per heavy atom. The van der Waals surface area contributed by atoms with E-state index in [2.05, 4.69) is 12.3 Å². The predicted octanol–water partition coefficient (Wildman–Crippen LogP) is 2.14. The standard InChI is InChI=1S/C5H9ClS/c1-7-5-3-2-4-6/h2-3H,4-5H2,1H3. The zero-order valence-electron chi connectivity index (χ0n) is 4.36. The average molecular weight is 137 g/mol. The molecule has 2 heteroatoms. The van der Waals surface area contributed by atoms with Crippen molar-refractivity contribution in [3.8, 4) is 0 Å². The maximum Gasteiger partial charge on any atom is 0.0404 e. The number of hydrogen-bond donors (Lipinski definition) is 0. The minimum absolute atomic E-state index is 0.639. The van der Waals surface area contributed by atoms with Crippen molar-refractivity contribution in [1.29, 1.82) is 0 Å². The minimum Gasteiger partial charge on any atom is -0.161 e. The predicted molar refractivity (Wildman–Crippen MR) is 38.2 cm³/mol. The van der Waals surface area contributed by atoms with Gasteiger partial charge in [-0.1, -0.05) is 12.2 Å². The Balaban J connectivity index is 2.78. The van der Waals surface area contributed by atoms with Crippen molar-refractivity contribution in [3.63, 3.8) is 0 Å². The van der Waals surface area contributed by atoms with Crippen molar-refractivity contribution in [1.82, 2.24) is 0 Å². The first kappa shape index (κ1) is 7.38. The quantitative estimate of drug-likeness (QED) is 0.423. The molecule has 0 heterocycles. The molecule has 0 aliphatic rings. The van der Waals surface area contributed by atoms with Crippen LogP contribution in [0.1, 0.15) is 0 Å². The van der Waals surface area contributed by atoms with Crippen molar-refractivity contribution < 1.29 is 0 Å². The van der Waals surface area contributed by atoms with Crippen LogP contribution in [0.4, 0.5) is 0 Å². The third-order valence-electron chi connectivity index (χ3n) is 0.519. The summed E-state index contributed by atoms with van der Waals surface area (Å²) in [6, 6.07) is 0. The first-order chi connectivity index (χ1) is 3.41. The number of alkyl halides is 1. The van der Waals surface area contributed by atoms with E-state index in [0.29, 0.717) is 5.88 Å². The number of halogens is 1. The lowest BCUT2D eigenvalue weighted by Gasteiger charge is -1.79. The van der Waals surface area contributed by atoms with Crippen LogP contribution in [0.2, 0.25) is 0 Å². The van der Waals surface area contributed by atoms with E-state index in [0.717, 1.165) is 5.75 Å². The van der Waals surface area contributed by atoms with Crippen LogP contribution in [-0.4, -0.2) is 17.9 Å². The Kier molecular flexibility index (Phi) is 6.73. The molecule has 0 radical (unpaired) electrons. The highest BCUT2D eigenvalue weighted by Crippen LogP contribution is 1.90. The van der Waals surface area contributed by atoms with E-state index in [1.807, 2.05) is 6.08 Å². The van der Waals surface area contributed by atoms with Crippen LogP contribution in [-0.2, 0) is 0 Å². The van der Waals surface area contributed by atoms with Gasteiger partial charge < -0.3 is 0 Å². The molecule has 0 aromatic carbocycles. The molecule has 0 saturated heterocycles. The summed E-state index contributed by atoms with van der Waals surface area (Å²) >= 11 is 7.14. The fraction of sp³-hybridized carbons (Fsp3) is 0.600. The molecule has 0 spiro atoms. The summed E-state index contributed by atoms with van der Waals surface area (Å²) in [6.45, 7) is 0. The smallest absolute Gasteiger partial charge is 0.0404 e. The zero-order chi connectivity index (χ0) is 5.54. The third kappa shape index (κ3) is 6.38. The number of thioether (sulfide) groups is 1. The SMILES string of the molecule is CSCC=CCCl. The molecule has 0 aromatic heterocycles. The van der Waals surface area contributed by atoms with Crippen LogP contribution in [0.15, 0.2) is 12.2 Å². The summed E-state index contributed by atoms with van der Waals surface area (Å²) in [7, 11) is 0. The van der Waals surface area contributed by atoms with E-state index in [-0.39, 0.29) is 0 Å². The number of hydrogen-bond acceptors (Lipinski definition) is 1. The second-order valence-corrected chi connectivity index (χ2v) is 2.30. The molecule has 7 heavy (non-hydrogen) atoms. The lowest BCUT2D eigenvalue weighted by molar-refractivity contribution is 1.66. The second kappa shape index (κ2) is 6.38. The molecule has 0 aromatic rings. The Morgan fingerprint density at radius 2 is 2.29 bits per heavy atom. The Bertz CT molecular complexity index is 52.0. The summed E-state index contributed by atoms with van der Waals surface area (Å²) in [6.07, 6.45) is 6.09. The Morgan fingerprint density at radius 3 is 2.71 bits per heavy atom. The van der Waals surface area contributed by atoms with E-state index in [1.165, 1.54) is 0 Å². The van der Waals surface area contributed by atoms with Crippen LogP contribution in [0.5, 0.6) is 0 Å². The molecule has 0 bridgehead atoms. The molecular formula is C5H9ClS. The second-order valence-electron chi connectivity index (χ2n) is 1.08. The zero-order valence-corrected chi connectivity index (χ0v) is 5.93. The summed E-state index contributed by atoms with van der Waals surface area (Å²) in [5.41, 5.74) is 0. The van der Waals surface area contributed by atoms with Gasteiger partial charge in [0.1, 0.15) is 0 Å². The highest BCUT2D eigenvalue weighted by Gasteiger charge is 1.68. The number of allylic oxidation sites excluding steroid dienone is 1. The van der Waals surface area contributed by atoms with Crippen LogP contribution in [0.25, 0.3) is 0 Å². The van der Waals surface area contributed by atoms with Gasteiger partial charge in [0.15, 0.2) is 0 Å². The Hall–Kier alpha value is 0.380. The molecule has 0 unspecified atom stereocenters. The van der Waals surface area contributed by atoms with E-state index >= 15 is 0 Å². The molecule has 0 atom stereocenters. The van der Waals surface area contributed by atoms with E-state index < -0.39 is 0 Å². The van der Waals surface area contributed by atoms with Gasteiger partial charge in [-0.25, -0.2) is 0 Å². The molecule has 0 rings (SSSR count). The summed E-state index contributed by atoms with van der Waals surface area (Å²) in [5, 5.41) is 0. The van der Waals surface area contributed by atoms with Gasteiger partial charge in [0.05, 0.1) is 0 Å². The molecule has 0 nitrogen and oxygen atoms in total. The molecule has 0 aliphatic heterocycles. The van der Waals surface area contributed by atoms with Crippen LogP contribution >= 0.6 is 23.4 Å². The molecule has 0 aliphatic carbocycles. The van der Waals surface area contributed by atoms with Crippen LogP contribution in [0, 0.1) is 0 Å². The van der Waals surface area contributed by atoms with Gasteiger partial charge in [-0.05, 0) is 6.26 Å². The third-order valence-corrected chi connectivity index (χ3v) is 1.22. The van der Waals surface area contributed by atoms with Crippen molar-refractivity contribution in [2.75, 3.05) is 17.9 Å². The fourth-order valence-electron chi connectivity index (χ4n) is 0.227. The summed E-state index contributed by atoms with van der Waals surface area (Å²) in [4.78, 5) is 0. The average Bonchev–Trinajstić information content (AvgIpc) is 1.69. The van der Waals surface area contributed by atoms with Crippen molar-refractivity contribution >= 4 is 23.4 Å². The van der Waals surface area contributed by atoms with Gasteiger partial charge in [0.25, 0.3) is 0 Å². The van der Waals surface area contributed by atoms with Gasteiger partial charge in [-0.2, -0.15) is 11.8 Å². The van der Waals surface area contributed by atoms with Crippen LogP contribution in [0.3, 0.4) is 0 Å². The molecule has 0 N–H and O–H groups in total. The van der Waals surface area contributed by atoms with Gasteiger partial charge in [0.2, 0.25) is 0 Å². The summed E-state index contributed by atoms with van der Waals surface area (Å²) < 4.78 is 0. The summed E-state index contributed by atoms with van der Waals surface area (Å²) in [5.74, 6) is 1.72. The highest BCUT2D eigenvalue weighted by atomic mass is 35.5. The normalized spacial score (nSPS) is 10.6. The molecule has 0 fully saturated rings. The van der Waals surface area contributed by atoms with Crippen LogP contribution < -0.4 is 0 Å².